The summed E-state index contributed by atoms with van der Waals surface area (Å²) in [6.07, 6.45) is 10.9. The van der Waals surface area contributed by atoms with Gasteiger partial charge in [0.1, 0.15) is 4.60 Å². The quantitative estimate of drug-likeness (QED) is 0.762. The van der Waals surface area contributed by atoms with E-state index in [0.717, 1.165) is 22.4 Å². The van der Waals surface area contributed by atoms with E-state index in [1.165, 1.54) is 49.8 Å². The Balaban J connectivity index is 1.54. The van der Waals surface area contributed by atoms with Gasteiger partial charge in [0.15, 0.2) is 0 Å². The Kier molecular flexibility index (Phi) is 3.33. The summed E-state index contributed by atoms with van der Waals surface area (Å²) in [4.78, 5) is 4.43. The molecule has 1 aromatic rings. The van der Waals surface area contributed by atoms with Crippen molar-refractivity contribution in [1.82, 2.24) is 4.98 Å². The maximum Gasteiger partial charge on any atom is 0.109 e. The fourth-order valence-electron chi connectivity index (χ4n) is 5.75. The van der Waals surface area contributed by atoms with Gasteiger partial charge in [0.25, 0.3) is 0 Å². The molecule has 0 aromatic carbocycles. The molecule has 0 saturated heterocycles. The fourth-order valence-corrected chi connectivity index (χ4v) is 5.96. The van der Waals surface area contributed by atoms with Gasteiger partial charge in [-0.05, 0) is 103 Å². The molecule has 0 amide bonds. The molecule has 2 nitrogen and oxygen atoms in total. The number of aryl methyl sites for hydroxylation is 1. The predicted molar refractivity (Wildman–Crippen MR) is 90.4 cm³/mol. The van der Waals surface area contributed by atoms with Crippen molar-refractivity contribution in [3.8, 4) is 0 Å². The van der Waals surface area contributed by atoms with Crippen LogP contribution < -0.4 is 5.32 Å². The smallest absolute Gasteiger partial charge is 0.109 e. The van der Waals surface area contributed by atoms with Gasteiger partial charge in [-0.15, -0.1) is 0 Å². The molecule has 5 rings (SSSR count). The van der Waals surface area contributed by atoms with Crippen LogP contribution in [0.4, 0.5) is 5.69 Å². The number of rotatable bonds is 3. The van der Waals surface area contributed by atoms with E-state index < -0.39 is 0 Å². The maximum absolute atomic E-state index is 4.43. The van der Waals surface area contributed by atoms with E-state index in [2.05, 4.69) is 46.1 Å². The zero-order chi connectivity index (χ0) is 14.6. The van der Waals surface area contributed by atoms with Crippen molar-refractivity contribution in [2.24, 2.45) is 23.2 Å². The van der Waals surface area contributed by atoms with E-state index >= 15 is 0 Å². The summed E-state index contributed by atoms with van der Waals surface area (Å²) in [5, 5.41) is 3.78. The number of pyridine rings is 1. The minimum Gasteiger partial charge on any atom is -0.381 e. The zero-order valence-electron chi connectivity index (χ0n) is 13.0. The van der Waals surface area contributed by atoms with Crippen LogP contribution in [0.3, 0.4) is 0 Å². The highest BCUT2D eigenvalue weighted by Gasteiger charge is 2.53. The number of hydrogen-bond donors (Lipinski definition) is 1. The zero-order valence-corrected chi connectivity index (χ0v) is 14.6. The normalized spacial score (nSPS) is 38.5. The molecule has 4 bridgehead atoms. The van der Waals surface area contributed by atoms with Crippen LogP contribution in [0, 0.1) is 30.1 Å². The predicted octanol–water partition coefficient (Wildman–Crippen LogP) is 5.17. The third kappa shape index (κ3) is 2.42. The highest BCUT2D eigenvalue weighted by molar-refractivity contribution is 9.10. The Bertz CT molecular complexity index is 519. The Morgan fingerprint density at radius 1 is 1.19 bits per heavy atom. The lowest BCUT2D eigenvalue weighted by Crippen LogP contribution is -2.52. The standard InChI is InChI=1S/C18H25BrN2/c1-11-3-16(10-20-17(11)19)21-12(2)18-7-13-4-14(8-18)6-15(5-13)9-18/h3,10,12-15,21H,4-9H2,1-2H3. The average Bonchev–Trinajstić information content (AvgIpc) is 2.41. The van der Waals surface area contributed by atoms with Crippen LogP contribution in [0.1, 0.15) is 51.0 Å². The van der Waals surface area contributed by atoms with Crippen LogP contribution in [-0.2, 0) is 0 Å². The SMILES string of the molecule is Cc1cc(NC(C)C23CC4CC(CC(C4)C2)C3)cnc1Br. The second-order valence-corrected chi connectivity index (χ2v) is 8.73. The average molecular weight is 349 g/mol. The van der Waals surface area contributed by atoms with Crippen molar-refractivity contribution >= 4 is 21.6 Å². The van der Waals surface area contributed by atoms with E-state index in [1.807, 2.05) is 6.20 Å². The van der Waals surface area contributed by atoms with Gasteiger partial charge in [0, 0.05) is 6.04 Å². The molecule has 1 heterocycles. The molecule has 0 spiro atoms. The maximum atomic E-state index is 4.43. The van der Waals surface area contributed by atoms with Gasteiger partial charge in [-0.3, -0.25) is 0 Å². The highest BCUT2D eigenvalue weighted by Crippen LogP contribution is 2.61. The van der Waals surface area contributed by atoms with Crippen LogP contribution >= 0.6 is 15.9 Å². The second-order valence-electron chi connectivity index (χ2n) is 7.98. The summed E-state index contributed by atoms with van der Waals surface area (Å²) < 4.78 is 0.954. The van der Waals surface area contributed by atoms with Gasteiger partial charge < -0.3 is 5.32 Å². The highest BCUT2D eigenvalue weighted by atomic mass is 79.9. The molecule has 3 heteroatoms. The van der Waals surface area contributed by atoms with Crippen molar-refractivity contribution in [3.63, 3.8) is 0 Å². The first-order chi connectivity index (χ1) is 10.0. The van der Waals surface area contributed by atoms with Crippen molar-refractivity contribution in [2.75, 3.05) is 5.32 Å². The topological polar surface area (TPSA) is 24.9 Å². The largest absolute Gasteiger partial charge is 0.381 e. The summed E-state index contributed by atoms with van der Waals surface area (Å²) >= 11 is 3.49. The van der Waals surface area contributed by atoms with Crippen LogP contribution in [0.25, 0.3) is 0 Å². The number of nitrogens with one attached hydrogen (secondary N) is 1. The fraction of sp³-hybridized carbons (Fsp3) is 0.722. The Morgan fingerprint density at radius 2 is 1.76 bits per heavy atom. The van der Waals surface area contributed by atoms with Crippen molar-refractivity contribution < 1.29 is 0 Å². The minimum absolute atomic E-state index is 0.551. The number of anilines is 1. The van der Waals surface area contributed by atoms with E-state index in [1.54, 1.807) is 0 Å². The number of hydrogen-bond acceptors (Lipinski definition) is 2. The molecular formula is C18H25BrN2. The van der Waals surface area contributed by atoms with Crippen molar-refractivity contribution in [3.05, 3.63) is 22.4 Å². The second kappa shape index (κ2) is 4.97. The van der Waals surface area contributed by atoms with Gasteiger partial charge in [0.2, 0.25) is 0 Å². The van der Waals surface area contributed by atoms with E-state index in [-0.39, 0.29) is 0 Å². The number of halogens is 1. The molecule has 0 radical (unpaired) electrons. The molecule has 1 aromatic heterocycles. The summed E-state index contributed by atoms with van der Waals surface area (Å²) in [6.45, 7) is 4.52. The molecule has 1 N–H and O–H groups in total. The minimum atomic E-state index is 0.551. The monoisotopic (exact) mass is 348 g/mol. The summed E-state index contributed by atoms with van der Waals surface area (Å²) in [7, 11) is 0. The van der Waals surface area contributed by atoms with E-state index in [9.17, 15) is 0 Å². The first-order valence-corrected chi connectivity index (χ1v) is 9.22. The van der Waals surface area contributed by atoms with Crippen LogP contribution in [-0.4, -0.2) is 11.0 Å². The van der Waals surface area contributed by atoms with Crippen molar-refractivity contribution in [2.45, 2.75) is 58.4 Å². The number of nitrogens with zero attached hydrogens (tertiary/aromatic N) is 1. The lowest BCUT2D eigenvalue weighted by atomic mass is 9.48. The third-order valence-electron chi connectivity index (χ3n) is 6.40. The summed E-state index contributed by atoms with van der Waals surface area (Å²) in [6, 6.07) is 2.78. The molecule has 1 atom stereocenters. The molecule has 4 fully saturated rings. The molecule has 4 aliphatic rings. The van der Waals surface area contributed by atoms with E-state index in [4.69, 9.17) is 0 Å². The molecule has 4 aliphatic carbocycles. The van der Waals surface area contributed by atoms with E-state index in [0.29, 0.717) is 11.5 Å². The third-order valence-corrected chi connectivity index (χ3v) is 7.23. The summed E-state index contributed by atoms with van der Waals surface area (Å²) in [5.74, 6) is 3.06. The number of aromatic nitrogens is 1. The lowest BCUT2D eigenvalue weighted by Gasteiger charge is -2.59. The molecule has 114 valence electrons. The summed E-state index contributed by atoms with van der Waals surface area (Å²) in [5.41, 5.74) is 2.94. The molecule has 1 unspecified atom stereocenters. The first kappa shape index (κ1) is 14.0. The van der Waals surface area contributed by atoms with Crippen molar-refractivity contribution in [1.29, 1.82) is 0 Å². The first-order valence-electron chi connectivity index (χ1n) is 8.43. The Morgan fingerprint density at radius 3 is 2.29 bits per heavy atom. The van der Waals surface area contributed by atoms with Gasteiger partial charge in [0.05, 0.1) is 11.9 Å². The van der Waals surface area contributed by atoms with Gasteiger partial charge in [-0.25, -0.2) is 4.98 Å². The molecule has 4 saturated carbocycles. The van der Waals surface area contributed by atoms with Crippen LogP contribution in [0.5, 0.6) is 0 Å². The Labute approximate surface area is 136 Å². The molecule has 0 aliphatic heterocycles. The van der Waals surface area contributed by atoms with Gasteiger partial charge in [-0.2, -0.15) is 0 Å². The van der Waals surface area contributed by atoms with Crippen LogP contribution in [0.15, 0.2) is 16.9 Å². The van der Waals surface area contributed by atoms with Gasteiger partial charge in [-0.1, -0.05) is 0 Å². The molecule has 21 heavy (non-hydrogen) atoms. The molecular weight excluding hydrogens is 324 g/mol. The van der Waals surface area contributed by atoms with Crippen LogP contribution in [0.2, 0.25) is 0 Å². The Hall–Kier alpha value is -0.570. The van der Waals surface area contributed by atoms with Gasteiger partial charge >= 0.3 is 0 Å². The lowest BCUT2D eigenvalue weighted by molar-refractivity contribution is -0.0602.